The fourth-order valence-corrected chi connectivity index (χ4v) is 44.5. The molecule has 0 aliphatic carbocycles. The first-order chi connectivity index (χ1) is 30.2. The van der Waals surface area contributed by atoms with E-state index in [2.05, 4.69) is 132 Å². The van der Waals surface area contributed by atoms with Gasteiger partial charge in [-0.25, -0.2) is 0 Å². The summed E-state index contributed by atoms with van der Waals surface area (Å²) < 4.78 is 6.91. The van der Waals surface area contributed by atoms with Crippen LogP contribution in [0.4, 0.5) is 0 Å². The number of H-pyrrole nitrogens is 2. The molecule has 11 aromatic rings. The topological polar surface area (TPSA) is 109 Å². The first kappa shape index (κ1) is 35.4. The Hall–Kier alpha value is -6.34. The molecule has 7 aromatic heterocycles. The predicted molar refractivity (Wildman–Crippen MR) is 251 cm³/mol. The summed E-state index contributed by atoms with van der Waals surface area (Å²) in [5.41, 5.74) is 6.35. The SMILES string of the molecule is c1ccc2c(c1)-c1nc-2nc2[nH]c(nc3nc(nc4[nH]c(n1)c1ccccc41)-c1ccccc1-3)c1c[c]([Zn]([c]3ccsc3)([c]3ccsc3)([c]3ccsc3)[c]3ccsc3)ccc21. The number of hydrogen-bond donors (Lipinski definition) is 2. The number of rotatable bonds is 5. The predicted octanol–water partition coefficient (Wildman–Crippen LogP) is 9.73. The Balaban J connectivity index is 1.21. The second-order valence-electron chi connectivity index (χ2n) is 16.4. The summed E-state index contributed by atoms with van der Waals surface area (Å²) in [5, 5.41) is 22.4. The zero-order valence-electron chi connectivity index (χ0n) is 32.1. The monoisotopic (exact) mass is 909 g/mol. The van der Waals surface area contributed by atoms with Crippen LogP contribution >= 0.6 is 45.3 Å². The van der Waals surface area contributed by atoms with Crippen LogP contribution in [-0.2, 0) is 13.6 Å². The molecule has 0 unspecified atom stereocenters. The van der Waals surface area contributed by atoms with Crippen LogP contribution in [0.25, 0.3) is 89.7 Å². The van der Waals surface area contributed by atoms with Crippen molar-refractivity contribution in [2.75, 3.05) is 0 Å². The zero-order chi connectivity index (χ0) is 40.1. The van der Waals surface area contributed by atoms with Crippen LogP contribution < -0.4 is 20.8 Å². The summed E-state index contributed by atoms with van der Waals surface area (Å²) in [5.74, 6) is 2.33. The van der Waals surface area contributed by atoms with Gasteiger partial charge >= 0.3 is 349 Å². The van der Waals surface area contributed by atoms with Gasteiger partial charge in [0.1, 0.15) is 0 Å². The van der Waals surface area contributed by atoms with Crippen LogP contribution in [0.2, 0.25) is 0 Å². The van der Waals surface area contributed by atoms with E-state index >= 15 is 0 Å². The standard InChI is InChI=1S/C32H17N8.4C4H3S.Zn/c1-2-10-18-17(9-1)25-33-26(18)38-28-21-13-5-6-14-22(21)30(35-28)40-32-24-16-8-7-15-23(24)31(36-32)39-29-20-12-4-3-11-19(20)27(34-29)37-25;4*1-2-4-5-3-1;/h1-7,9-16H,(H2,33,34,35,36,37,38,39,40);4*1,3-4H;. The second-order valence-corrected chi connectivity index (χ2v) is 35.5. The Labute approximate surface area is 364 Å². The van der Waals surface area contributed by atoms with Gasteiger partial charge < -0.3 is 0 Å². The van der Waals surface area contributed by atoms with E-state index < -0.39 is 13.6 Å². The molecule has 0 amide bonds. The second kappa shape index (κ2) is 13.3. The molecular formula is C48H29N8S4Zn. The van der Waals surface area contributed by atoms with Gasteiger partial charge in [0.2, 0.25) is 0 Å². The van der Waals surface area contributed by atoms with Gasteiger partial charge in [0.05, 0.1) is 0 Å². The summed E-state index contributed by atoms with van der Waals surface area (Å²) in [6, 6.07) is 41.1. The van der Waals surface area contributed by atoms with E-state index in [-0.39, 0.29) is 0 Å². The number of nitrogens with one attached hydrogen (secondary N) is 2. The molecular weight excluding hydrogens is 882 g/mol. The van der Waals surface area contributed by atoms with Gasteiger partial charge in [-0.1, -0.05) is 18.2 Å². The Morgan fingerprint density at radius 3 is 1.03 bits per heavy atom. The molecule has 4 aromatic carbocycles. The van der Waals surface area contributed by atoms with E-state index in [1.807, 2.05) is 36.4 Å². The van der Waals surface area contributed by atoms with Gasteiger partial charge in [-0.3, -0.25) is 0 Å². The van der Waals surface area contributed by atoms with Crippen LogP contribution in [0, 0.1) is 0 Å². The molecule has 2 N–H and O–H groups in total. The number of aromatic nitrogens is 8. The molecule has 0 atom stereocenters. The summed E-state index contributed by atoms with van der Waals surface area (Å²) in [7, 11) is 0. The summed E-state index contributed by atoms with van der Waals surface area (Å²) in [6.45, 7) is 0. The zero-order valence-corrected chi connectivity index (χ0v) is 38.3. The Morgan fingerprint density at radius 1 is 0.328 bits per heavy atom. The van der Waals surface area contributed by atoms with E-state index in [0.29, 0.717) is 45.9 Å². The molecule has 0 spiro atoms. The molecule has 2 aliphatic heterocycles. The normalized spacial score (nSPS) is 12.5. The Morgan fingerprint density at radius 2 is 0.672 bits per heavy atom. The van der Waals surface area contributed by atoms with Gasteiger partial charge in [0.25, 0.3) is 0 Å². The Kier molecular flexibility index (Phi) is 7.74. The molecule has 9 heterocycles. The van der Waals surface area contributed by atoms with Crippen LogP contribution in [-0.4, -0.2) is 39.9 Å². The first-order valence-corrected chi connectivity index (χ1v) is 31.4. The fourth-order valence-electron chi connectivity index (χ4n) is 11.3. The maximum atomic E-state index is 5.44. The van der Waals surface area contributed by atoms with Crippen molar-refractivity contribution in [2.24, 2.45) is 0 Å². The number of hydrogen-bond acceptors (Lipinski definition) is 10. The summed E-state index contributed by atoms with van der Waals surface area (Å²) >= 11 is 1.95. The minimum absolute atomic E-state index is 0.581. The fraction of sp³-hybridized carbons (Fsp3) is 0. The molecule has 0 radical (unpaired) electrons. The summed E-state index contributed by atoms with van der Waals surface area (Å²) in [6.07, 6.45) is 0. The number of benzene rings is 4. The minimum atomic E-state index is -5.12. The molecule has 0 fully saturated rings. The Bertz CT molecular complexity index is 3530. The molecule has 8 bridgehead atoms. The molecule has 0 saturated heterocycles. The van der Waals surface area contributed by atoms with Gasteiger partial charge in [-0.15, -0.1) is 0 Å². The molecule has 13 heteroatoms. The van der Waals surface area contributed by atoms with Crippen molar-refractivity contribution >= 4 is 110 Å². The van der Waals surface area contributed by atoms with Crippen molar-refractivity contribution in [1.82, 2.24) is 39.9 Å². The molecule has 8 nitrogen and oxygen atoms in total. The summed E-state index contributed by atoms with van der Waals surface area (Å²) in [4.78, 5) is 38.7. The van der Waals surface area contributed by atoms with E-state index in [1.165, 1.54) is 20.8 Å². The van der Waals surface area contributed by atoms with Crippen molar-refractivity contribution in [3.05, 3.63) is 158 Å². The molecule has 13 rings (SSSR count). The van der Waals surface area contributed by atoms with Crippen LogP contribution in [0.1, 0.15) is 0 Å². The average molecular weight is 911 g/mol. The number of thiophene rings is 4. The van der Waals surface area contributed by atoms with Crippen molar-refractivity contribution in [1.29, 1.82) is 0 Å². The number of aromatic amines is 2. The van der Waals surface area contributed by atoms with Crippen LogP contribution in [0.5, 0.6) is 0 Å². The van der Waals surface area contributed by atoms with Crippen molar-refractivity contribution in [2.45, 2.75) is 0 Å². The van der Waals surface area contributed by atoms with E-state index in [1.54, 1.807) is 45.3 Å². The third-order valence-electron chi connectivity index (χ3n) is 14.0. The van der Waals surface area contributed by atoms with Crippen LogP contribution in [0.3, 0.4) is 0 Å². The van der Waals surface area contributed by atoms with Crippen LogP contribution in [0.15, 0.2) is 158 Å². The number of fused-ring (bicyclic) bond motifs is 20. The maximum absolute atomic E-state index is 5.44. The van der Waals surface area contributed by atoms with E-state index in [0.717, 1.165) is 43.8 Å². The van der Waals surface area contributed by atoms with Crippen molar-refractivity contribution < 1.29 is 13.6 Å². The van der Waals surface area contributed by atoms with E-state index in [4.69, 9.17) is 29.9 Å². The van der Waals surface area contributed by atoms with Gasteiger partial charge in [0.15, 0.2) is 0 Å². The third kappa shape index (κ3) is 4.86. The molecule has 2 aliphatic rings. The van der Waals surface area contributed by atoms with Gasteiger partial charge in [0, 0.05) is 0 Å². The van der Waals surface area contributed by atoms with Gasteiger partial charge in [-0.05, 0) is 0 Å². The van der Waals surface area contributed by atoms with Crippen molar-refractivity contribution in [3.63, 3.8) is 0 Å². The number of nitrogens with zero attached hydrogens (tertiary/aromatic N) is 6. The first-order valence-electron chi connectivity index (χ1n) is 20.2. The third-order valence-corrected chi connectivity index (χ3v) is 41.2. The quantitative estimate of drug-likeness (QED) is 0.167. The van der Waals surface area contributed by atoms with E-state index in [9.17, 15) is 0 Å². The average Bonchev–Trinajstić information content (AvgIpc) is 4.16. The molecule has 0 saturated carbocycles. The van der Waals surface area contributed by atoms with Crippen molar-refractivity contribution in [3.8, 4) is 45.6 Å². The van der Waals surface area contributed by atoms with Gasteiger partial charge in [-0.2, -0.15) is 0 Å². The molecule has 287 valence electrons. The molecule has 61 heavy (non-hydrogen) atoms.